The number of esters is 1. The molecule has 1 heterocycles. The Bertz CT molecular complexity index is 493. The van der Waals surface area contributed by atoms with Crippen molar-refractivity contribution in [3.8, 4) is 5.75 Å². The van der Waals surface area contributed by atoms with E-state index in [0.29, 0.717) is 12.8 Å². The first-order valence-electron chi connectivity index (χ1n) is 7.15. The van der Waals surface area contributed by atoms with Crippen LogP contribution >= 0.6 is 0 Å². The fourth-order valence-electron chi connectivity index (χ4n) is 3.05. The molecule has 1 aliphatic rings. The van der Waals surface area contributed by atoms with E-state index < -0.39 is 5.54 Å². The van der Waals surface area contributed by atoms with Gasteiger partial charge in [-0.1, -0.05) is 6.07 Å². The van der Waals surface area contributed by atoms with Crippen LogP contribution in [0.4, 0.5) is 5.69 Å². The summed E-state index contributed by atoms with van der Waals surface area (Å²) in [7, 11) is 3.04. The molecule has 1 aliphatic heterocycles. The molecule has 5 nitrogen and oxygen atoms in total. The number of nitrogens with one attached hydrogen (secondary N) is 1. The first kappa shape index (κ1) is 15.6. The van der Waals surface area contributed by atoms with Gasteiger partial charge in [0.05, 0.1) is 26.4 Å². The zero-order chi connectivity index (χ0) is 15.5. The molecule has 1 saturated heterocycles. The predicted octanol–water partition coefficient (Wildman–Crippen LogP) is 2.61. The van der Waals surface area contributed by atoms with Crippen molar-refractivity contribution in [3.63, 3.8) is 0 Å². The topological polar surface area (TPSA) is 56.8 Å². The number of methoxy groups -OCH3 is 2. The lowest BCUT2D eigenvalue weighted by Crippen LogP contribution is -2.55. The van der Waals surface area contributed by atoms with Crippen molar-refractivity contribution < 1.29 is 19.0 Å². The summed E-state index contributed by atoms with van der Waals surface area (Å²) < 4.78 is 16.0. The molecule has 2 unspecified atom stereocenters. The molecule has 5 heteroatoms. The molecule has 0 spiro atoms. The highest BCUT2D eigenvalue weighted by molar-refractivity contribution is 5.85. The fraction of sp³-hybridized carbons (Fsp3) is 0.562. The standard InChI is InChI=1S/C16H23NO4/c1-11-9-16(15(18)20-4,10-12(2)21-11)17-13-6-5-7-14(8-13)19-3/h5-8,11-12,17H,9-10H2,1-4H3. The summed E-state index contributed by atoms with van der Waals surface area (Å²) in [6, 6.07) is 7.54. The zero-order valence-electron chi connectivity index (χ0n) is 13.0. The third-order valence-corrected chi connectivity index (χ3v) is 3.77. The van der Waals surface area contributed by atoms with Gasteiger partial charge in [0.1, 0.15) is 11.3 Å². The largest absolute Gasteiger partial charge is 0.497 e. The summed E-state index contributed by atoms with van der Waals surface area (Å²) in [6.07, 6.45) is 1.12. The van der Waals surface area contributed by atoms with E-state index in [1.807, 2.05) is 38.1 Å². The van der Waals surface area contributed by atoms with E-state index in [-0.39, 0.29) is 18.2 Å². The first-order valence-corrected chi connectivity index (χ1v) is 7.15. The predicted molar refractivity (Wildman–Crippen MR) is 80.6 cm³/mol. The Morgan fingerprint density at radius 1 is 1.29 bits per heavy atom. The molecule has 1 aromatic rings. The molecule has 1 N–H and O–H groups in total. The monoisotopic (exact) mass is 293 g/mol. The van der Waals surface area contributed by atoms with Crippen LogP contribution in [0.5, 0.6) is 5.75 Å². The van der Waals surface area contributed by atoms with Gasteiger partial charge in [-0.15, -0.1) is 0 Å². The van der Waals surface area contributed by atoms with Crippen LogP contribution in [0.3, 0.4) is 0 Å². The first-order chi connectivity index (χ1) is 9.99. The molecule has 0 amide bonds. The number of rotatable bonds is 4. The molecular formula is C16H23NO4. The summed E-state index contributed by atoms with van der Waals surface area (Å²) >= 11 is 0. The van der Waals surface area contributed by atoms with Gasteiger partial charge in [-0.25, -0.2) is 4.79 Å². The summed E-state index contributed by atoms with van der Waals surface area (Å²) in [5.41, 5.74) is 0.0686. The molecule has 2 rings (SSSR count). The van der Waals surface area contributed by atoms with Crippen LogP contribution in [0, 0.1) is 0 Å². The summed E-state index contributed by atoms with van der Waals surface area (Å²) in [6.45, 7) is 3.95. The van der Waals surface area contributed by atoms with E-state index in [1.54, 1.807) is 7.11 Å². The van der Waals surface area contributed by atoms with Gasteiger partial charge in [-0.2, -0.15) is 0 Å². The Balaban J connectivity index is 2.29. The van der Waals surface area contributed by atoms with Gasteiger partial charge in [0, 0.05) is 24.6 Å². The molecule has 0 aliphatic carbocycles. The maximum absolute atomic E-state index is 12.4. The zero-order valence-corrected chi connectivity index (χ0v) is 13.0. The van der Waals surface area contributed by atoms with Crippen molar-refractivity contribution in [2.24, 2.45) is 0 Å². The molecule has 0 radical (unpaired) electrons. The Labute approximate surface area is 125 Å². The quantitative estimate of drug-likeness (QED) is 0.865. The lowest BCUT2D eigenvalue weighted by atomic mass is 9.83. The second-order valence-corrected chi connectivity index (χ2v) is 5.60. The van der Waals surface area contributed by atoms with Crippen LogP contribution in [-0.2, 0) is 14.3 Å². The van der Waals surface area contributed by atoms with E-state index in [0.717, 1.165) is 11.4 Å². The van der Waals surface area contributed by atoms with Gasteiger partial charge in [-0.3, -0.25) is 0 Å². The van der Waals surface area contributed by atoms with Crippen molar-refractivity contribution in [1.29, 1.82) is 0 Å². The van der Waals surface area contributed by atoms with E-state index in [2.05, 4.69) is 5.32 Å². The van der Waals surface area contributed by atoms with Crippen LogP contribution < -0.4 is 10.1 Å². The van der Waals surface area contributed by atoms with Crippen LogP contribution in [-0.4, -0.2) is 37.9 Å². The minimum Gasteiger partial charge on any atom is -0.497 e. The second-order valence-electron chi connectivity index (χ2n) is 5.60. The maximum Gasteiger partial charge on any atom is 0.331 e. The normalized spacial score (nSPS) is 28.8. The molecule has 116 valence electrons. The summed E-state index contributed by atoms with van der Waals surface area (Å²) in [5, 5.41) is 3.35. The molecule has 0 aromatic heterocycles. The molecule has 0 bridgehead atoms. The Morgan fingerprint density at radius 3 is 2.52 bits per heavy atom. The molecule has 2 atom stereocenters. The third kappa shape index (κ3) is 3.47. The van der Waals surface area contributed by atoms with Crippen LogP contribution in [0.15, 0.2) is 24.3 Å². The van der Waals surface area contributed by atoms with Gasteiger partial charge in [0.25, 0.3) is 0 Å². The fourth-order valence-corrected chi connectivity index (χ4v) is 3.05. The van der Waals surface area contributed by atoms with Gasteiger partial charge in [0.15, 0.2) is 0 Å². The number of ether oxygens (including phenoxy) is 3. The molecule has 21 heavy (non-hydrogen) atoms. The Kier molecular flexibility index (Phi) is 4.73. The van der Waals surface area contributed by atoms with Gasteiger partial charge >= 0.3 is 5.97 Å². The molecule has 1 fully saturated rings. The Morgan fingerprint density at radius 2 is 1.95 bits per heavy atom. The molecular weight excluding hydrogens is 270 g/mol. The van der Waals surface area contributed by atoms with E-state index in [1.165, 1.54) is 7.11 Å². The van der Waals surface area contributed by atoms with Gasteiger partial charge in [-0.05, 0) is 26.0 Å². The highest BCUT2D eigenvalue weighted by atomic mass is 16.5. The minimum atomic E-state index is -0.766. The lowest BCUT2D eigenvalue weighted by Gasteiger charge is -2.41. The number of carbonyl (C=O) groups is 1. The van der Waals surface area contributed by atoms with Crippen molar-refractivity contribution in [3.05, 3.63) is 24.3 Å². The van der Waals surface area contributed by atoms with Crippen molar-refractivity contribution in [2.75, 3.05) is 19.5 Å². The highest BCUT2D eigenvalue weighted by Gasteiger charge is 2.46. The number of anilines is 1. The number of carbonyl (C=O) groups excluding carboxylic acids is 1. The number of benzene rings is 1. The Hall–Kier alpha value is -1.75. The second kappa shape index (κ2) is 6.35. The van der Waals surface area contributed by atoms with Crippen LogP contribution in [0.25, 0.3) is 0 Å². The van der Waals surface area contributed by atoms with Gasteiger partial charge < -0.3 is 19.5 Å². The maximum atomic E-state index is 12.4. The average molecular weight is 293 g/mol. The van der Waals surface area contributed by atoms with E-state index in [9.17, 15) is 4.79 Å². The molecule has 0 saturated carbocycles. The van der Waals surface area contributed by atoms with Crippen molar-refractivity contribution in [1.82, 2.24) is 0 Å². The van der Waals surface area contributed by atoms with Crippen molar-refractivity contribution in [2.45, 2.75) is 44.4 Å². The third-order valence-electron chi connectivity index (χ3n) is 3.77. The summed E-state index contributed by atoms with van der Waals surface area (Å²) in [5.74, 6) is 0.487. The highest BCUT2D eigenvalue weighted by Crippen LogP contribution is 2.34. The SMILES string of the molecule is COC(=O)C1(Nc2cccc(OC)c2)CC(C)OC(C)C1. The number of hydrogen-bond donors (Lipinski definition) is 1. The van der Waals surface area contributed by atoms with Gasteiger partial charge in [0.2, 0.25) is 0 Å². The lowest BCUT2D eigenvalue weighted by molar-refractivity contribution is -0.154. The number of hydrogen-bond acceptors (Lipinski definition) is 5. The average Bonchev–Trinajstić information content (AvgIpc) is 2.45. The smallest absolute Gasteiger partial charge is 0.331 e. The van der Waals surface area contributed by atoms with Crippen LogP contribution in [0.2, 0.25) is 0 Å². The van der Waals surface area contributed by atoms with Crippen molar-refractivity contribution >= 4 is 11.7 Å². The summed E-state index contributed by atoms with van der Waals surface area (Å²) in [4.78, 5) is 12.4. The minimum absolute atomic E-state index is 0.00837. The van der Waals surface area contributed by atoms with E-state index in [4.69, 9.17) is 14.2 Å². The molecule has 1 aromatic carbocycles. The van der Waals surface area contributed by atoms with Crippen LogP contribution in [0.1, 0.15) is 26.7 Å². The van der Waals surface area contributed by atoms with E-state index >= 15 is 0 Å².